The summed E-state index contributed by atoms with van der Waals surface area (Å²) in [5.41, 5.74) is 9.28. The first-order valence-electron chi connectivity index (χ1n) is 16.5. The monoisotopic (exact) mass is 643 g/mol. The van der Waals surface area contributed by atoms with Crippen molar-refractivity contribution in [2.75, 3.05) is 4.90 Å². The third-order valence-electron chi connectivity index (χ3n) is 9.63. The lowest BCUT2D eigenvalue weighted by atomic mass is 10.0. The van der Waals surface area contributed by atoms with Gasteiger partial charge in [0.25, 0.3) is 0 Å². The van der Waals surface area contributed by atoms with Gasteiger partial charge in [0.05, 0.1) is 11.0 Å². The number of fused-ring (bicyclic) bond motifs is 7. The second kappa shape index (κ2) is 11.2. The van der Waals surface area contributed by atoms with Crippen LogP contribution in [-0.2, 0) is 0 Å². The number of pyridine rings is 1. The van der Waals surface area contributed by atoms with E-state index in [-0.39, 0.29) is 0 Å². The predicted octanol–water partition coefficient (Wildman–Crippen LogP) is 12.8. The zero-order valence-corrected chi connectivity index (χ0v) is 27.3. The Morgan fingerprint density at radius 2 is 1.14 bits per heavy atom. The summed E-state index contributed by atoms with van der Waals surface area (Å²) in [6.45, 7) is 0. The largest absolute Gasteiger partial charge is 0.310 e. The van der Waals surface area contributed by atoms with Gasteiger partial charge in [-0.2, -0.15) is 0 Å². The molecule has 0 unspecified atom stereocenters. The van der Waals surface area contributed by atoms with Crippen molar-refractivity contribution in [3.8, 4) is 16.8 Å². The minimum atomic E-state index is 1.11. The molecule has 49 heavy (non-hydrogen) atoms. The normalized spacial score (nSPS) is 11.7. The summed E-state index contributed by atoms with van der Waals surface area (Å²) in [5, 5.41) is 7.48. The van der Waals surface area contributed by atoms with Gasteiger partial charge in [-0.3, -0.25) is 4.98 Å². The van der Waals surface area contributed by atoms with Crippen molar-refractivity contribution in [1.29, 1.82) is 0 Å². The Morgan fingerprint density at radius 3 is 2.00 bits per heavy atom. The van der Waals surface area contributed by atoms with Crippen LogP contribution in [0.4, 0.5) is 17.1 Å². The maximum atomic E-state index is 4.36. The average Bonchev–Trinajstić information content (AvgIpc) is 3.69. The van der Waals surface area contributed by atoms with Gasteiger partial charge in [-0.15, -0.1) is 11.3 Å². The van der Waals surface area contributed by atoms with Crippen molar-refractivity contribution in [2.24, 2.45) is 0 Å². The first kappa shape index (κ1) is 27.8. The summed E-state index contributed by atoms with van der Waals surface area (Å²) in [7, 11) is 0. The molecule has 0 aliphatic carbocycles. The van der Waals surface area contributed by atoms with E-state index in [0.29, 0.717) is 0 Å². The summed E-state index contributed by atoms with van der Waals surface area (Å²) in [4.78, 5) is 6.71. The van der Waals surface area contributed by atoms with Crippen LogP contribution in [0.5, 0.6) is 0 Å². The highest BCUT2D eigenvalue weighted by atomic mass is 32.1. The Labute approximate surface area is 287 Å². The van der Waals surface area contributed by atoms with Gasteiger partial charge in [0.15, 0.2) is 0 Å². The van der Waals surface area contributed by atoms with Crippen LogP contribution in [-0.4, -0.2) is 9.55 Å². The molecule has 0 saturated heterocycles. The number of benzene rings is 7. The van der Waals surface area contributed by atoms with Gasteiger partial charge in [0.2, 0.25) is 0 Å². The van der Waals surface area contributed by atoms with Crippen LogP contribution in [0.2, 0.25) is 0 Å². The van der Waals surface area contributed by atoms with Gasteiger partial charge in [-0.1, -0.05) is 78.9 Å². The molecule has 0 aliphatic heterocycles. The summed E-state index contributed by atoms with van der Waals surface area (Å²) in [5.74, 6) is 0. The lowest BCUT2D eigenvalue weighted by molar-refractivity contribution is 1.18. The Kier molecular flexibility index (Phi) is 6.36. The number of hydrogen-bond acceptors (Lipinski definition) is 3. The van der Waals surface area contributed by atoms with Crippen LogP contribution in [0.3, 0.4) is 0 Å². The number of hydrogen-bond donors (Lipinski definition) is 0. The number of anilines is 3. The molecule has 0 bridgehead atoms. The zero-order chi connectivity index (χ0) is 32.3. The highest BCUT2D eigenvalue weighted by Gasteiger charge is 2.18. The van der Waals surface area contributed by atoms with E-state index in [1.54, 1.807) is 0 Å². The maximum absolute atomic E-state index is 4.36. The quantitative estimate of drug-likeness (QED) is 0.186. The van der Waals surface area contributed by atoms with Crippen LogP contribution < -0.4 is 4.90 Å². The fourth-order valence-corrected chi connectivity index (χ4v) is 8.43. The van der Waals surface area contributed by atoms with E-state index in [4.69, 9.17) is 0 Å². The van der Waals surface area contributed by atoms with Crippen LogP contribution in [0.1, 0.15) is 0 Å². The fraction of sp³-hybridized carbons (Fsp3) is 0. The topological polar surface area (TPSA) is 21.1 Å². The second-order valence-electron chi connectivity index (χ2n) is 12.5. The van der Waals surface area contributed by atoms with E-state index in [1.165, 1.54) is 63.9 Å². The third kappa shape index (κ3) is 4.61. The molecule has 3 heterocycles. The molecule has 0 radical (unpaired) electrons. The van der Waals surface area contributed by atoms with Gasteiger partial charge >= 0.3 is 0 Å². The molecule has 10 rings (SSSR count). The van der Waals surface area contributed by atoms with Crippen molar-refractivity contribution in [3.63, 3.8) is 0 Å². The predicted molar refractivity (Wildman–Crippen MR) is 209 cm³/mol. The maximum Gasteiger partial charge on any atom is 0.0561 e. The highest BCUT2D eigenvalue weighted by Crippen LogP contribution is 2.41. The lowest BCUT2D eigenvalue weighted by Crippen LogP contribution is -2.10. The molecule has 3 nitrogen and oxygen atoms in total. The number of para-hydroxylation sites is 3. The molecule has 0 N–H and O–H groups in total. The third-order valence-corrected chi connectivity index (χ3v) is 10.8. The summed E-state index contributed by atoms with van der Waals surface area (Å²) in [6, 6.07) is 59.4. The smallest absolute Gasteiger partial charge is 0.0561 e. The minimum Gasteiger partial charge on any atom is -0.310 e. The average molecular weight is 644 g/mol. The van der Waals surface area contributed by atoms with Crippen LogP contribution in [0.25, 0.3) is 69.6 Å². The van der Waals surface area contributed by atoms with Crippen molar-refractivity contribution in [1.82, 2.24) is 9.55 Å². The van der Waals surface area contributed by atoms with Crippen LogP contribution in [0, 0.1) is 0 Å². The molecule has 0 amide bonds. The minimum absolute atomic E-state index is 1.11. The van der Waals surface area contributed by atoms with Crippen molar-refractivity contribution in [3.05, 3.63) is 176 Å². The van der Waals surface area contributed by atoms with E-state index in [1.807, 2.05) is 23.7 Å². The summed E-state index contributed by atoms with van der Waals surface area (Å²) < 4.78 is 4.99. The number of rotatable bonds is 5. The SMILES string of the molecule is c1ccc(N(c2ccc(-c3ccc4sc5cc6ccncc6cc5c4c3)cc2)c2ccc3c4ccccc4n(-c4ccccc4)c3c2)cc1. The molecule has 3 aromatic heterocycles. The molecule has 0 spiro atoms. The standard InChI is InChI=1S/C45H29N3S/c1-3-9-34(10-4-1)47(37-20-21-39-38-13-7-8-14-42(38)48(43(39)28-37)35-11-5-2-6-12-35)36-18-15-30(16-19-36)31-17-22-44-40(25-31)41-26-33-29-46-24-23-32(33)27-45(41)49-44/h1-29H. The van der Waals surface area contributed by atoms with E-state index >= 15 is 0 Å². The number of aromatic nitrogens is 2. The van der Waals surface area contributed by atoms with Crippen LogP contribution >= 0.6 is 11.3 Å². The molecule has 0 saturated carbocycles. The molecule has 7 aromatic carbocycles. The fourth-order valence-electron chi connectivity index (χ4n) is 7.32. The molecular weight excluding hydrogens is 615 g/mol. The molecule has 230 valence electrons. The molecule has 10 aromatic rings. The molecule has 4 heteroatoms. The lowest BCUT2D eigenvalue weighted by Gasteiger charge is -2.26. The molecular formula is C45H29N3S. The van der Waals surface area contributed by atoms with Crippen molar-refractivity contribution in [2.45, 2.75) is 0 Å². The number of nitrogens with zero attached hydrogens (tertiary/aromatic N) is 3. The van der Waals surface area contributed by atoms with Crippen molar-refractivity contribution >= 4 is 81.1 Å². The first-order valence-corrected chi connectivity index (χ1v) is 17.3. The second-order valence-corrected chi connectivity index (χ2v) is 13.6. The Bertz CT molecular complexity index is 2820. The zero-order valence-electron chi connectivity index (χ0n) is 26.5. The van der Waals surface area contributed by atoms with Gasteiger partial charge in [0.1, 0.15) is 0 Å². The highest BCUT2D eigenvalue weighted by molar-refractivity contribution is 7.25. The summed E-state index contributed by atoms with van der Waals surface area (Å²) >= 11 is 1.85. The van der Waals surface area contributed by atoms with E-state index in [9.17, 15) is 0 Å². The van der Waals surface area contributed by atoms with Crippen molar-refractivity contribution < 1.29 is 0 Å². The Morgan fingerprint density at radius 1 is 0.449 bits per heavy atom. The number of thiophene rings is 1. The Balaban J connectivity index is 1.09. The first-order chi connectivity index (χ1) is 24.3. The Hall–Kier alpha value is -6.23. The van der Waals surface area contributed by atoms with E-state index in [2.05, 4.69) is 178 Å². The van der Waals surface area contributed by atoms with Gasteiger partial charge in [-0.25, -0.2) is 0 Å². The molecule has 0 aliphatic rings. The van der Waals surface area contributed by atoms with Gasteiger partial charge in [0, 0.05) is 71.5 Å². The van der Waals surface area contributed by atoms with Gasteiger partial charge in [-0.05, 0) is 101 Å². The molecule has 0 fully saturated rings. The van der Waals surface area contributed by atoms with E-state index in [0.717, 1.165) is 22.7 Å². The van der Waals surface area contributed by atoms with E-state index < -0.39 is 0 Å². The van der Waals surface area contributed by atoms with Gasteiger partial charge < -0.3 is 9.47 Å². The summed E-state index contributed by atoms with van der Waals surface area (Å²) in [6.07, 6.45) is 3.82. The molecule has 0 atom stereocenters. The van der Waals surface area contributed by atoms with Crippen LogP contribution in [0.15, 0.2) is 176 Å².